The van der Waals surface area contributed by atoms with Crippen LogP contribution in [0.25, 0.3) is 0 Å². The highest BCUT2D eigenvalue weighted by atomic mass is 16.4. The highest BCUT2D eigenvalue weighted by molar-refractivity contribution is 5.73. The molecular formula is C11H11O2. The summed E-state index contributed by atoms with van der Waals surface area (Å²) < 4.78 is 0. The number of hydrogen-bond donors (Lipinski definition) is 1. The summed E-state index contributed by atoms with van der Waals surface area (Å²) in [6, 6.07) is 7.97. The fraction of sp³-hybridized carbons (Fsp3) is 0.273. The van der Waals surface area contributed by atoms with Crippen molar-refractivity contribution in [2.24, 2.45) is 5.92 Å². The van der Waals surface area contributed by atoms with Crippen LogP contribution in [-0.4, -0.2) is 11.1 Å². The molecule has 0 saturated carbocycles. The maximum absolute atomic E-state index is 10.7. The molecule has 1 radical (unpaired) electrons. The minimum atomic E-state index is -0.713. The Morgan fingerprint density at radius 3 is 2.92 bits per heavy atom. The molecule has 1 unspecified atom stereocenters. The molecule has 0 saturated heterocycles. The quantitative estimate of drug-likeness (QED) is 0.707. The average molecular weight is 175 g/mol. The lowest BCUT2D eigenvalue weighted by Crippen LogP contribution is -2.20. The zero-order valence-corrected chi connectivity index (χ0v) is 7.23. The molecule has 0 heterocycles. The van der Waals surface area contributed by atoms with Gasteiger partial charge in [-0.15, -0.1) is 0 Å². The molecule has 13 heavy (non-hydrogen) atoms. The Bertz CT molecular complexity index is 331. The Hall–Kier alpha value is -1.31. The molecule has 0 aromatic heterocycles. The van der Waals surface area contributed by atoms with Crippen molar-refractivity contribution in [2.75, 3.05) is 0 Å². The fourth-order valence-corrected chi connectivity index (χ4v) is 1.73. The van der Waals surface area contributed by atoms with E-state index in [1.165, 1.54) is 5.56 Å². The third-order valence-electron chi connectivity index (χ3n) is 2.48. The van der Waals surface area contributed by atoms with Gasteiger partial charge in [0.15, 0.2) is 0 Å². The normalized spacial score (nSPS) is 20.8. The maximum atomic E-state index is 10.7. The van der Waals surface area contributed by atoms with E-state index in [1.54, 1.807) is 0 Å². The number of hydrogen-bond acceptors (Lipinski definition) is 1. The number of rotatable bonds is 1. The van der Waals surface area contributed by atoms with Crippen LogP contribution in [0.2, 0.25) is 0 Å². The van der Waals surface area contributed by atoms with Crippen molar-refractivity contribution in [3.05, 3.63) is 41.8 Å². The predicted octanol–water partition coefficient (Wildman–Crippen LogP) is 1.89. The Morgan fingerprint density at radius 2 is 2.15 bits per heavy atom. The van der Waals surface area contributed by atoms with Crippen molar-refractivity contribution < 1.29 is 9.90 Å². The zero-order valence-electron chi connectivity index (χ0n) is 7.23. The van der Waals surface area contributed by atoms with Crippen LogP contribution in [0.15, 0.2) is 24.3 Å². The number of carbonyl (C=O) groups is 1. The van der Waals surface area contributed by atoms with E-state index in [9.17, 15) is 4.79 Å². The average Bonchev–Trinajstić information content (AvgIpc) is 2.17. The van der Waals surface area contributed by atoms with Crippen LogP contribution in [0.1, 0.15) is 17.5 Å². The molecule has 1 aliphatic carbocycles. The third kappa shape index (κ3) is 1.57. The lowest BCUT2D eigenvalue weighted by Gasteiger charge is -2.20. The topological polar surface area (TPSA) is 37.3 Å². The molecule has 0 amide bonds. The molecule has 1 aromatic carbocycles. The monoisotopic (exact) mass is 175 g/mol. The van der Waals surface area contributed by atoms with Crippen molar-refractivity contribution in [1.29, 1.82) is 0 Å². The molecular weight excluding hydrogens is 164 g/mol. The minimum absolute atomic E-state index is 0.296. The van der Waals surface area contributed by atoms with Gasteiger partial charge in [0.1, 0.15) is 0 Å². The first-order valence-electron chi connectivity index (χ1n) is 4.43. The van der Waals surface area contributed by atoms with E-state index in [-0.39, 0.29) is 5.92 Å². The summed E-state index contributed by atoms with van der Waals surface area (Å²) in [4.78, 5) is 10.7. The van der Waals surface area contributed by atoms with Crippen LogP contribution in [0.5, 0.6) is 0 Å². The number of benzene rings is 1. The smallest absolute Gasteiger partial charge is 0.307 e. The standard InChI is InChI=1S/C11H11O2/c12-11(13)10-6-5-8-3-1-2-4-9(8)7-10/h1-4,7,10H,5-6H2,(H,12,13). The Balaban J connectivity index is 2.24. The van der Waals surface area contributed by atoms with Crippen LogP contribution < -0.4 is 0 Å². The molecule has 0 bridgehead atoms. The Morgan fingerprint density at radius 1 is 1.38 bits per heavy atom. The Labute approximate surface area is 77.2 Å². The van der Waals surface area contributed by atoms with E-state index in [1.807, 2.05) is 24.6 Å². The van der Waals surface area contributed by atoms with Gasteiger partial charge in [-0.3, -0.25) is 4.79 Å². The number of carboxylic acids is 1. The summed E-state index contributed by atoms with van der Waals surface area (Å²) in [7, 11) is 0. The van der Waals surface area contributed by atoms with Gasteiger partial charge < -0.3 is 5.11 Å². The predicted molar refractivity (Wildman–Crippen MR) is 49.3 cm³/mol. The van der Waals surface area contributed by atoms with E-state index in [0.29, 0.717) is 0 Å². The van der Waals surface area contributed by atoms with Gasteiger partial charge in [-0.25, -0.2) is 0 Å². The molecule has 2 nitrogen and oxygen atoms in total. The van der Waals surface area contributed by atoms with E-state index >= 15 is 0 Å². The molecule has 0 aliphatic heterocycles. The van der Waals surface area contributed by atoms with Crippen LogP contribution in [0.4, 0.5) is 0 Å². The van der Waals surface area contributed by atoms with Gasteiger partial charge in [0, 0.05) is 6.42 Å². The van der Waals surface area contributed by atoms with Crippen LogP contribution in [-0.2, 0) is 11.2 Å². The fourth-order valence-electron chi connectivity index (χ4n) is 1.73. The SMILES string of the molecule is O=C(O)C1[CH]c2ccccc2CC1. The van der Waals surface area contributed by atoms with Crippen LogP contribution in [0, 0.1) is 12.3 Å². The highest BCUT2D eigenvalue weighted by Gasteiger charge is 2.23. The lowest BCUT2D eigenvalue weighted by atomic mass is 9.84. The number of aryl methyl sites for hydroxylation is 1. The van der Waals surface area contributed by atoms with Gasteiger partial charge in [0.25, 0.3) is 0 Å². The zero-order chi connectivity index (χ0) is 9.26. The highest BCUT2D eigenvalue weighted by Crippen LogP contribution is 2.26. The first-order valence-corrected chi connectivity index (χ1v) is 4.43. The first-order chi connectivity index (χ1) is 6.27. The molecule has 2 heteroatoms. The van der Waals surface area contributed by atoms with Crippen molar-refractivity contribution in [2.45, 2.75) is 12.8 Å². The largest absolute Gasteiger partial charge is 0.481 e. The molecule has 1 atom stereocenters. The van der Waals surface area contributed by atoms with E-state index in [4.69, 9.17) is 5.11 Å². The molecule has 0 fully saturated rings. The summed E-state index contributed by atoms with van der Waals surface area (Å²) in [5.74, 6) is -1.01. The second-order valence-corrected chi connectivity index (χ2v) is 3.35. The maximum Gasteiger partial charge on any atom is 0.307 e. The van der Waals surface area contributed by atoms with E-state index in [0.717, 1.165) is 18.4 Å². The molecule has 1 aromatic rings. The number of fused-ring (bicyclic) bond motifs is 1. The molecule has 2 rings (SSSR count). The molecule has 0 spiro atoms. The second kappa shape index (κ2) is 3.21. The summed E-state index contributed by atoms with van der Waals surface area (Å²) >= 11 is 0. The lowest BCUT2D eigenvalue weighted by molar-refractivity contribution is -0.140. The molecule has 1 aliphatic rings. The van der Waals surface area contributed by atoms with Gasteiger partial charge in [-0.2, -0.15) is 0 Å². The minimum Gasteiger partial charge on any atom is -0.481 e. The molecule has 1 N–H and O–H groups in total. The number of aliphatic carboxylic acids is 1. The summed E-state index contributed by atoms with van der Waals surface area (Å²) in [5.41, 5.74) is 2.35. The van der Waals surface area contributed by atoms with Crippen molar-refractivity contribution in [3.8, 4) is 0 Å². The van der Waals surface area contributed by atoms with Gasteiger partial charge in [-0.05, 0) is 24.0 Å². The van der Waals surface area contributed by atoms with Crippen molar-refractivity contribution in [3.63, 3.8) is 0 Å². The van der Waals surface area contributed by atoms with Crippen LogP contribution in [0.3, 0.4) is 0 Å². The van der Waals surface area contributed by atoms with Gasteiger partial charge in [0.2, 0.25) is 0 Å². The Kier molecular flexibility index (Phi) is 2.05. The first kappa shape index (κ1) is 8.30. The van der Waals surface area contributed by atoms with Crippen molar-refractivity contribution >= 4 is 5.97 Å². The third-order valence-corrected chi connectivity index (χ3v) is 2.48. The molecule has 67 valence electrons. The van der Waals surface area contributed by atoms with Gasteiger partial charge >= 0.3 is 5.97 Å². The van der Waals surface area contributed by atoms with Crippen molar-refractivity contribution in [1.82, 2.24) is 0 Å². The van der Waals surface area contributed by atoms with E-state index in [2.05, 4.69) is 6.07 Å². The summed E-state index contributed by atoms with van der Waals surface area (Å²) in [6.07, 6.45) is 3.46. The van der Waals surface area contributed by atoms with Gasteiger partial charge in [0.05, 0.1) is 5.92 Å². The van der Waals surface area contributed by atoms with E-state index < -0.39 is 5.97 Å². The second-order valence-electron chi connectivity index (χ2n) is 3.35. The summed E-state index contributed by atoms with van der Waals surface area (Å²) in [5, 5.41) is 8.83. The number of carboxylic acid groups (broad SMARTS) is 1. The van der Waals surface area contributed by atoms with Crippen LogP contribution >= 0.6 is 0 Å². The van der Waals surface area contributed by atoms with Gasteiger partial charge in [-0.1, -0.05) is 24.3 Å². The summed E-state index contributed by atoms with van der Waals surface area (Å²) in [6.45, 7) is 0.